The number of aryl methyl sites for hydroxylation is 2. The number of ketones is 1. The number of likely N-dealkylation sites (tertiary alicyclic amines) is 1. The van der Waals surface area contributed by atoms with Crippen LogP contribution in [0.5, 0.6) is 0 Å². The van der Waals surface area contributed by atoms with E-state index in [4.69, 9.17) is 0 Å². The largest absolute Gasteiger partial charge is 0.505 e. The number of imidazole rings is 1. The van der Waals surface area contributed by atoms with Crippen LogP contribution in [0.4, 0.5) is 0 Å². The number of carbonyl (C=O) groups is 2. The maximum absolute atomic E-state index is 13.2. The Labute approximate surface area is 186 Å². The van der Waals surface area contributed by atoms with Crippen molar-refractivity contribution < 1.29 is 14.7 Å². The van der Waals surface area contributed by atoms with Crippen LogP contribution in [0.15, 0.2) is 48.4 Å². The molecule has 1 aliphatic heterocycles. The molecule has 3 aromatic heterocycles. The summed E-state index contributed by atoms with van der Waals surface area (Å²) >= 11 is 0. The van der Waals surface area contributed by atoms with Crippen molar-refractivity contribution in [3.05, 3.63) is 70.9 Å². The lowest BCUT2D eigenvalue weighted by Gasteiger charge is -2.25. The Morgan fingerprint density at radius 3 is 2.56 bits per heavy atom. The molecule has 1 unspecified atom stereocenters. The number of nitrogens with zero attached hydrogens (tertiary/aromatic N) is 5. The highest BCUT2D eigenvalue weighted by Crippen LogP contribution is 2.39. The standard InChI is InChI=1S/C24H27N5O3/c1-15-7-5-13-28-19(16(2)26-23(15)28)21(30)18-20(17-8-10-25-11-9-17)29(24(32)22(18)31)14-6-12-27(3)4/h5,7-11,13,20,30H,6,12,14H2,1-4H3. The van der Waals surface area contributed by atoms with E-state index in [0.717, 1.165) is 17.7 Å². The van der Waals surface area contributed by atoms with Gasteiger partial charge in [-0.05, 0) is 70.2 Å². The molecule has 1 fully saturated rings. The molecule has 1 atom stereocenters. The number of aliphatic hydroxyl groups excluding tert-OH is 1. The number of hydrogen-bond acceptors (Lipinski definition) is 6. The Morgan fingerprint density at radius 1 is 1.16 bits per heavy atom. The molecule has 4 rings (SSSR count). The van der Waals surface area contributed by atoms with E-state index in [0.29, 0.717) is 30.0 Å². The van der Waals surface area contributed by atoms with Gasteiger partial charge in [0.1, 0.15) is 11.3 Å². The highest BCUT2D eigenvalue weighted by atomic mass is 16.3. The summed E-state index contributed by atoms with van der Waals surface area (Å²) in [6, 6.07) is 6.66. The van der Waals surface area contributed by atoms with Gasteiger partial charge in [-0.25, -0.2) is 4.98 Å². The molecule has 166 valence electrons. The van der Waals surface area contributed by atoms with Crippen molar-refractivity contribution in [3.8, 4) is 0 Å². The van der Waals surface area contributed by atoms with Gasteiger partial charge in [0.15, 0.2) is 5.76 Å². The van der Waals surface area contributed by atoms with E-state index >= 15 is 0 Å². The highest BCUT2D eigenvalue weighted by Gasteiger charge is 2.46. The summed E-state index contributed by atoms with van der Waals surface area (Å²) in [5, 5.41) is 11.4. The first-order valence-corrected chi connectivity index (χ1v) is 10.6. The lowest BCUT2D eigenvalue weighted by Crippen LogP contribution is -2.32. The highest BCUT2D eigenvalue weighted by molar-refractivity contribution is 6.46. The molecule has 3 aromatic rings. The third-order valence-corrected chi connectivity index (χ3v) is 5.81. The van der Waals surface area contributed by atoms with Gasteiger partial charge < -0.3 is 14.9 Å². The molecule has 1 amide bonds. The van der Waals surface area contributed by atoms with E-state index in [-0.39, 0.29) is 11.3 Å². The fourth-order valence-electron chi connectivity index (χ4n) is 4.29. The van der Waals surface area contributed by atoms with Gasteiger partial charge in [-0.3, -0.25) is 19.0 Å². The second-order valence-corrected chi connectivity index (χ2v) is 8.36. The molecular formula is C24H27N5O3. The van der Waals surface area contributed by atoms with E-state index in [1.807, 2.05) is 38.1 Å². The van der Waals surface area contributed by atoms with Crippen molar-refractivity contribution in [1.82, 2.24) is 24.2 Å². The van der Waals surface area contributed by atoms with Crippen LogP contribution >= 0.6 is 0 Å². The molecule has 1 N–H and O–H groups in total. The zero-order valence-electron chi connectivity index (χ0n) is 18.7. The number of amides is 1. The van der Waals surface area contributed by atoms with Crippen LogP contribution in [0.2, 0.25) is 0 Å². The van der Waals surface area contributed by atoms with Gasteiger partial charge in [0.05, 0.1) is 17.3 Å². The number of rotatable bonds is 6. The third-order valence-electron chi connectivity index (χ3n) is 5.81. The summed E-state index contributed by atoms with van der Waals surface area (Å²) in [5.41, 5.74) is 3.47. The molecule has 0 spiro atoms. The fraction of sp³-hybridized carbons (Fsp3) is 0.333. The minimum absolute atomic E-state index is 0.0810. The van der Waals surface area contributed by atoms with Gasteiger partial charge >= 0.3 is 0 Å². The van der Waals surface area contributed by atoms with Crippen molar-refractivity contribution in [2.45, 2.75) is 26.3 Å². The van der Waals surface area contributed by atoms with E-state index in [9.17, 15) is 14.7 Å². The van der Waals surface area contributed by atoms with Gasteiger partial charge in [0.2, 0.25) is 0 Å². The molecule has 4 heterocycles. The van der Waals surface area contributed by atoms with E-state index < -0.39 is 17.7 Å². The smallest absolute Gasteiger partial charge is 0.295 e. The van der Waals surface area contributed by atoms with Crippen LogP contribution in [-0.4, -0.2) is 68.2 Å². The molecule has 0 saturated carbocycles. The van der Waals surface area contributed by atoms with Crippen molar-refractivity contribution in [1.29, 1.82) is 0 Å². The van der Waals surface area contributed by atoms with Gasteiger partial charge in [-0.1, -0.05) is 6.07 Å². The van der Waals surface area contributed by atoms with Crippen LogP contribution < -0.4 is 0 Å². The molecule has 0 aromatic carbocycles. The van der Waals surface area contributed by atoms with Crippen molar-refractivity contribution >= 4 is 23.1 Å². The second kappa shape index (κ2) is 8.55. The zero-order valence-corrected chi connectivity index (χ0v) is 18.7. The maximum atomic E-state index is 13.2. The van der Waals surface area contributed by atoms with Crippen LogP contribution in [-0.2, 0) is 9.59 Å². The first-order valence-electron chi connectivity index (χ1n) is 10.6. The summed E-state index contributed by atoms with van der Waals surface area (Å²) < 4.78 is 1.77. The Morgan fingerprint density at radius 2 is 1.88 bits per heavy atom. The molecule has 8 heteroatoms. The SMILES string of the molecule is Cc1nc2c(C)cccn2c1C(O)=C1C(=O)C(=O)N(CCCN(C)C)C1c1ccncc1. The minimum Gasteiger partial charge on any atom is -0.505 e. The molecule has 1 aliphatic rings. The molecule has 0 aliphatic carbocycles. The van der Waals surface area contributed by atoms with Crippen LogP contribution in [0.1, 0.15) is 35.0 Å². The van der Waals surface area contributed by atoms with Crippen molar-refractivity contribution in [2.75, 3.05) is 27.2 Å². The molecule has 8 nitrogen and oxygen atoms in total. The number of aliphatic hydroxyl groups is 1. The van der Waals surface area contributed by atoms with E-state index in [2.05, 4.69) is 9.97 Å². The van der Waals surface area contributed by atoms with Gasteiger partial charge in [0.25, 0.3) is 11.7 Å². The van der Waals surface area contributed by atoms with Gasteiger partial charge in [-0.15, -0.1) is 0 Å². The number of fused-ring (bicyclic) bond motifs is 1. The van der Waals surface area contributed by atoms with Crippen LogP contribution in [0.25, 0.3) is 11.4 Å². The topological polar surface area (TPSA) is 91.0 Å². The van der Waals surface area contributed by atoms with Crippen LogP contribution in [0, 0.1) is 13.8 Å². The molecular weight excluding hydrogens is 406 g/mol. The average Bonchev–Trinajstić information content (AvgIpc) is 3.23. The first kappa shape index (κ1) is 21.7. The monoisotopic (exact) mass is 433 g/mol. The zero-order chi connectivity index (χ0) is 23.0. The number of hydrogen-bond donors (Lipinski definition) is 1. The molecule has 0 bridgehead atoms. The second-order valence-electron chi connectivity index (χ2n) is 8.36. The van der Waals surface area contributed by atoms with Gasteiger partial charge in [-0.2, -0.15) is 0 Å². The van der Waals surface area contributed by atoms with Gasteiger partial charge in [0, 0.05) is 25.1 Å². The number of aromatic nitrogens is 3. The fourth-order valence-corrected chi connectivity index (χ4v) is 4.29. The Bertz CT molecular complexity index is 1210. The number of Topliss-reactive ketones (excluding diaryl/α,β-unsaturated/α-hetero) is 1. The molecule has 32 heavy (non-hydrogen) atoms. The quantitative estimate of drug-likeness (QED) is 0.365. The predicted octanol–water partition coefficient (Wildman–Crippen LogP) is 2.72. The Balaban J connectivity index is 1.88. The maximum Gasteiger partial charge on any atom is 0.295 e. The van der Waals surface area contributed by atoms with E-state index in [1.165, 1.54) is 0 Å². The summed E-state index contributed by atoms with van der Waals surface area (Å²) in [6.07, 6.45) is 5.75. The lowest BCUT2D eigenvalue weighted by atomic mass is 9.97. The van der Waals surface area contributed by atoms with E-state index in [1.54, 1.807) is 46.9 Å². The summed E-state index contributed by atoms with van der Waals surface area (Å²) in [5.74, 6) is -1.50. The molecule has 1 saturated heterocycles. The predicted molar refractivity (Wildman–Crippen MR) is 121 cm³/mol. The normalized spacial score (nSPS) is 18.3. The number of carbonyl (C=O) groups excluding carboxylic acids is 2. The van der Waals surface area contributed by atoms with Crippen LogP contribution in [0.3, 0.4) is 0 Å². The number of pyridine rings is 2. The lowest BCUT2D eigenvalue weighted by molar-refractivity contribution is -0.139. The van der Waals surface area contributed by atoms with Crippen molar-refractivity contribution in [3.63, 3.8) is 0 Å². The van der Waals surface area contributed by atoms with Crippen molar-refractivity contribution in [2.24, 2.45) is 0 Å². The molecule has 0 radical (unpaired) electrons. The first-order chi connectivity index (χ1) is 15.3. The Hall–Kier alpha value is -3.52. The summed E-state index contributed by atoms with van der Waals surface area (Å²) in [7, 11) is 3.92. The minimum atomic E-state index is -0.685. The average molecular weight is 434 g/mol. The Kier molecular flexibility index (Phi) is 5.80. The third kappa shape index (κ3) is 3.67. The summed E-state index contributed by atoms with van der Waals surface area (Å²) in [4.78, 5) is 38.4. The summed E-state index contributed by atoms with van der Waals surface area (Å²) in [6.45, 7) is 4.90.